The minimum Gasteiger partial charge on any atom is -0.313 e. The molecule has 7 heteroatoms. The number of fused-ring (bicyclic) bond motifs is 1. The van der Waals surface area contributed by atoms with Gasteiger partial charge in [0.25, 0.3) is 0 Å². The molecule has 0 radical (unpaired) electrons. The highest BCUT2D eigenvalue weighted by molar-refractivity contribution is 7.89. The maximum atomic E-state index is 12.5. The van der Waals surface area contributed by atoms with Crippen LogP contribution in [0.1, 0.15) is 19.4 Å². The van der Waals surface area contributed by atoms with Gasteiger partial charge < -0.3 is 5.32 Å². The van der Waals surface area contributed by atoms with E-state index in [2.05, 4.69) is 15.0 Å². The van der Waals surface area contributed by atoms with E-state index < -0.39 is 10.0 Å². The molecule has 0 bridgehead atoms. The van der Waals surface area contributed by atoms with Crippen molar-refractivity contribution in [3.63, 3.8) is 0 Å². The van der Waals surface area contributed by atoms with Crippen LogP contribution in [0, 0.1) is 6.92 Å². The molecule has 0 saturated heterocycles. The fraction of sp³-hybridized carbons (Fsp3) is 0.400. The Balaban J connectivity index is 0.00000242. The van der Waals surface area contributed by atoms with Gasteiger partial charge in [-0.1, -0.05) is 19.1 Å². The first-order valence-electron chi connectivity index (χ1n) is 7.02. The molecule has 0 saturated carbocycles. The van der Waals surface area contributed by atoms with Crippen LogP contribution in [0.5, 0.6) is 0 Å². The van der Waals surface area contributed by atoms with E-state index in [1.54, 1.807) is 18.3 Å². The van der Waals surface area contributed by atoms with Gasteiger partial charge in [-0.2, -0.15) is 0 Å². The Morgan fingerprint density at radius 3 is 2.73 bits per heavy atom. The number of hydrogen-bond acceptors (Lipinski definition) is 4. The molecule has 1 aromatic carbocycles. The lowest BCUT2D eigenvalue weighted by molar-refractivity contribution is 0.536. The zero-order valence-electron chi connectivity index (χ0n) is 13.0. The summed E-state index contributed by atoms with van der Waals surface area (Å²) in [6.07, 6.45) is 1.68. The maximum Gasteiger partial charge on any atom is 0.242 e. The van der Waals surface area contributed by atoms with Crippen LogP contribution in [0.2, 0.25) is 0 Å². The van der Waals surface area contributed by atoms with E-state index in [-0.39, 0.29) is 23.3 Å². The molecule has 122 valence electrons. The molecule has 2 rings (SSSR count). The molecular formula is C15H22ClN3O2S. The summed E-state index contributed by atoms with van der Waals surface area (Å²) in [4.78, 5) is 4.50. The van der Waals surface area contributed by atoms with Gasteiger partial charge in [0.2, 0.25) is 10.0 Å². The lowest BCUT2D eigenvalue weighted by Crippen LogP contribution is -2.38. The Morgan fingerprint density at radius 2 is 2.05 bits per heavy atom. The van der Waals surface area contributed by atoms with Crippen molar-refractivity contribution in [1.29, 1.82) is 0 Å². The molecule has 0 aliphatic heterocycles. The highest BCUT2D eigenvalue weighted by atomic mass is 35.5. The summed E-state index contributed by atoms with van der Waals surface area (Å²) in [5, 5.41) is 4.00. The number of rotatable bonds is 6. The molecule has 0 unspecified atom stereocenters. The van der Waals surface area contributed by atoms with Crippen molar-refractivity contribution in [2.45, 2.75) is 31.7 Å². The second kappa shape index (κ2) is 7.87. The molecule has 1 heterocycles. The van der Waals surface area contributed by atoms with E-state index in [1.165, 1.54) is 0 Å². The van der Waals surface area contributed by atoms with Crippen LogP contribution in [0.15, 0.2) is 35.4 Å². The smallest absolute Gasteiger partial charge is 0.242 e. The number of pyridine rings is 1. The topological polar surface area (TPSA) is 71.1 Å². The van der Waals surface area contributed by atoms with Crippen LogP contribution >= 0.6 is 12.4 Å². The Morgan fingerprint density at radius 1 is 1.32 bits per heavy atom. The van der Waals surface area contributed by atoms with E-state index in [9.17, 15) is 8.42 Å². The van der Waals surface area contributed by atoms with Gasteiger partial charge in [0.15, 0.2) is 0 Å². The van der Waals surface area contributed by atoms with Gasteiger partial charge in [0.1, 0.15) is 4.90 Å². The summed E-state index contributed by atoms with van der Waals surface area (Å²) in [7, 11) is -3.57. The van der Waals surface area contributed by atoms with E-state index >= 15 is 0 Å². The fourth-order valence-electron chi connectivity index (χ4n) is 2.19. The normalized spacial score (nSPS) is 12.9. The molecule has 1 atom stereocenters. The monoisotopic (exact) mass is 343 g/mol. The molecule has 0 amide bonds. The molecule has 0 fully saturated rings. The van der Waals surface area contributed by atoms with Crippen LogP contribution in [-0.2, 0) is 10.0 Å². The molecule has 0 aliphatic rings. The number of nitrogens with one attached hydrogen (secondary N) is 2. The van der Waals surface area contributed by atoms with Crippen molar-refractivity contribution in [2.24, 2.45) is 0 Å². The third-order valence-electron chi connectivity index (χ3n) is 3.23. The van der Waals surface area contributed by atoms with Crippen molar-refractivity contribution < 1.29 is 8.42 Å². The Hall–Kier alpha value is -1.21. The number of aryl methyl sites for hydroxylation is 1. The number of benzene rings is 1. The zero-order chi connectivity index (χ0) is 15.5. The zero-order valence-corrected chi connectivity index (χ0v) is 14.6. The second-order valence-corrected chi connectivity index (χ2v) is 6.89. The van der Waals surface area contributed by atoms with Gasteiger partial charge in [-0.3, -0.25) is 4.98 Å². The highest BCUT2D eigenvalue weighted by Gasteiger charge is 2.18. The van der Waals surface area contributed by atoms with Gasteiger partial charge in [-0.25, -0.2) is 13.1 Å². The SMILES string of the molecule is CCN[C@H](C)CNS(=O)(=O)c1cccc2cc(C)cnc12.Cl. The largest absolute Gasteiger partial charge is 0.313 e. The minimum absolute atomic E-state index is 0. The first-order valence-corrected chi connectivity index (χ1v) is 8.51. The van der Waals surface area contributed by atoms with Gasteiger partial charge in [-0.15, -0.1) is 12.4 Å². The summed E-state index contributed by atoms with van der Waals surface area (Å²) in [5.41, 5.74) is 1.51. The Labute approximate surface area is 138 Å². The third kappa shape index (κ3) is 4.39. The predicted molar refractivity (Wildman–Crippen MR) is 92.1 cm³/mol. The number of nitrogens with zero attached hydrogens (tertiary/aromatic N) is 1. The average molecular weight is 344 g/mol. The van der Waals surface area contributed by atoms with Crippen LogP contribution in [0.4, 0.5) is 0 Å². The first-order chi connectivity index (χ1) is 9.94. The van der Waals surface area contributed by atoms with Crippen molar-refractivity contribution in [3.8, 4) is 0 Å². The van der Waals surface area contributed by atoms with Crippen LogP contribution < -0.4 is 10.0 Å². The molecule has 22 heavy (non-hydrogen) atoms. The standard InChI is InChI=1S/C15H21N3O2S.ClH/c1-4-16-12(3)10-18-21(19,20)14-7-5-6-13-8-11(2)9-17-15(13)14;/h5-9,12,16,18H,4,10H2,1-3H3;1H/t12-;/m1./s1. The molecule has 2 N–H and O–H groups in total. The minimum atomic E-state index is -3.57. The summed E-state index contributed by atoms with van der Waals surface area (Å²) in [5.74, 6) is 0. The molecular weight excluding hydrogens is 322 g/mol. The molecule has 2 aromatic rings. The van der Waals surface area contributed by atoms with Crippen molar-refractivity contribution in [1.82, 2.24) is 15.0 Å². The molecule has 0 aliphatic carbocycles. The number of sulfonamides is 1. The van der Waals surface area contributed by atoms with Crippen molar-refractivity contribution in [3.05, 3.63) is 36.0 Å². The van der Waals surface area contributed by atoms with Crippen molar-refractivity contribution >= 4 is 33.3 Å². The average Bonchev–Trinajstić information content (AvgIpc) is 2.44. The number of para-hydroxylation sites is 1. The van der Waals surface area contributed by atoms with E-state index in [1.807, 2.05) is 32.9 Å². The summed E-state index contributed by atoms with van der Waals surface area (Å²) in [6, 6.07) is 7.21. The van der Waals surface area contributed by atoms with Crippen LogP contribution in [0.25, 0.3) is 10.9 Å². The van der Waals surface area contributed by atoms with Gasteiger partial charge in [0.05, 0.1) is 5.52 Å². The number of likely N-dealkylation sites (N-methyl/N-ethyl adjacent to an activating group) is 1. The van der Waals surface area contributed by atoms with Gasteiger partial charge >= 0.3 is 0 Å². The lowest BCUT2D eigenvalue weighted by atomic mass is 10.2. The second-order valence-electron chi connectivity index (χ2n) is 5.15. The number of halogens is 1. The molecule has 5 nitrogen and oxygen atoms in total. The quantitative estimate of drug-likeness (QED) is 0.843. The molecule has 0 spiro atoms. The van der Waals surface area contributed by atoms with Crippen LogP contribution in [0.3, 0.4) is 0 Å². The summed E-state index contributed by atoms with van der Waals surface area (Å²) >= 11 is 0. The van der Waals surface area contributed by atoms with E-state index in [4.69, 9.17) is 0 Å². The van der Waals surface area contributed by atoms with Crippen LogP contribution in [-0.4, -0.2) is 32.5 Å². The predicted octanol–water partition coefficient (Wildman–Crippen LogP) is 2.24. The van der Waals surface area contributed by atoms with E-state index in [0.717, 1.165) is 17.5 Å². The van der Waals surface area contributed by atoms with E-state index in [0.29, 0.717) is 12.1 Å². The summed E-state index contributed by atoms with van der Waals surface area (Å²) in [6.45, 7) is 7.01. The number of hydrogen-bond donors (Lipinski definition) is 2. The van der Waals surface area contributed by atoms with Gasteiger partial charge in [-0.05, 0) is 38.1 Å². The number of aromatic nitrogens is 1. The van der Waals surface area contributed by atoms with Crippen molar-refractivity contribution in [2.75, 3.05) is 13.1 Å². The first kappa shape index (κ1) is 18.8. The fourth-order valence-corrected chi connectivity index (χ4v) is 3.50. The third-order valence-corrected chi connectivity index (χ3v) is 4.69. The highest BCUT2D eigenvalue weighted by Crippen LogP contribution is 2.21. The maximum absolute atomic E-state index is 12.5. The lowest BCUT2D eigenvalue weighted by Gasteiger charge is -2.14. The molecule has 1 aromatic heterocycles. The summed E-state index contributed by atoms with van der Waals surface area (Å²) < 4.78 is 27.6. The Bertz CT molecular complexity index is 735. The Kier molecular flexibility index (Phi) is 6.74. The van der Waals surface area contributed by atoms with Gasteiger partial charge in [0, 0.05) is 24.2 Å².